The van der Waals surface area contributed by atoms with E-state index in [0.29, 0.717) is 19.0 Å². The normalized spacial score (nSPS) is 17.3. The average molecular weight is 381 g/mol. The smallest absolute Gasteiger partial charge is 0.216 e. The van der Waals surface area contributed by atoms with Crippen LogP contribution in [0.2, 0.25) is 0 Å². The molecule has 146 valence electrons. The first-order valence-corrected chi connectivity index (χ1v) is 9.63. The van der Waals surface area contributed by atoms with Crippen LogP contribution in [0.25, 0.3) is 11.0 Å². The van der Waals surface area contributed by atoms with Crippen LogP contribution in [0.15, 0.2) is 42.6 Å². The first kappa shape index (κ1) is 18.6. The van der Waals surface area contributed by atoms with Crippen molar-refractivity contribution >= 4 is 16.9 Å². The molecular weight excluding hydrogens is 357 g/mol. The van der Waals surface area contributed by atoms with Crippen LogP contribution >= 0.6 is 0 Å². The zero-order chi connectivity index (χ0) is 19.5. The number of nitrogens with one attached hydrogen (secondary N) is 1. The minimum absolute atomic E-state index is 0.0446. The van der Waals surface area contributed by atoms with Gasteiger partial charge in [0.1, 0.15) is 5.82 Å². The van der Waals surface area contributed by atoms with Gasteiger partial charge in [-0.15, -0.1) is 0 Å². The molecule has 1 N–H and O–H groups in total. The minimum atomic E-state index is -0.202. The predicted molar refractivity (Wildman–Crippen MR) is 105 cm³/mol. The maximum atomic E-state index is 13.1. The van der Waals surface area contributed by atoms with Gasteiger partial charge in [0.15, 0.2) is 5.65 Å². The SMILES string of the molecule is CC(=O)NCCn1nc(C2CCN(Cc3ccc(F)cc3)C2)c2cccnc21. The third-order valence-corrected chi connectivity index (χ3v) is 5.21. The molecule has 7 heteroatoms. The quantitative estimate of drug-likeness (QED) is 0.713. The highest BCUT2D eigenvalue weighted by Crippen LogP contribution is 2.31. The van der Waals surface area contributed by atoms with Crippen LogP contribution in [-0.4, -0.2) is 45.2 Å². The van der Waals surface area contributed by atoms with E-state index in [4.69, 9.17) is 5.10 Å². The Kier molecular flexibility index (Phi) is 5.34. The van der Waals surface area contributed by atoms with E-state index in [1.54, 1.807) is 6.20 Å². The summed E-state index contributed by atoms with van der Waals surface area (Å²) in [5.41, 5.74) is 3.06. The van der Waals surface area contributed by atoms with Gasteiger partial charge in [-0.25, -0.2) is 14.1 Å². The Labute approximate surface area is 163 Å². The van der Waals surface area contributed by atoms with Crippen molar-refractivity contribution < 1.29 is 9.18 Å². The Morgan fingerprint density at radius 2 is 2.11 bits per heavy atom. The summed E-state index contributed by atoms with van der Waals surface area (Å²) in [5, 5.41) is 8.74. The summed E-state index contributed by atoms with van der Waals surface area (Å²) in [6.07, 6.45) is 2.81. The van der Waals surface area contributed by atoms with Crippen molar-refractivity contribution in [2.45, 2.75) is 32.4 Å². The zero-order valence-electron chi connectivity index (χ0n) is 15.9. The molecule has 0 saturated carbocycles. The van der Waals surface area contributed by atoms with Gasteiger partial charge < -0.3 is 5.32 Å². The van der Waals surface area contributed by atoms with E-state index in [-0.39, 0.29) is 11.7 Å². The number of likely N-dealkylation sites (tertiary alicyclic amines) is 1. The molecular formula is C21H24FN5O. The van der Waals surface area contributed by atoms with Crippen LogP contribution in [0.3, 0.4) is 0 Å². The molecule has 28 heavy (non-hydrogen) atoms. The number of carbonyl (C=O) groups is 1. The van der Waals surface area contributed by atoms with Crippen LogP contribution < -0.4 is 5.32 Å². The number of nitrogens with zero attached hydrogens (tertiary/aromatic N) is 4. The third-order valence-electron chi connectivity index (χ3n) is 5.21. The van der Waals surface area contributed by atoms with Crippen molar-refractivity contribution in [1.82, 2.24) is 25.0 Å². The molecule has 1 aliphatic heterocycles. The third kappa shape index (κ3) is 4.04. The second-order valence-corrected chi connectivity index (χ2v) is 7.31. The molecule has 4 rings (SSSR count). The van der Waals surface area contributed by atoms with Crippen molar-refractivity contribution in [2.24, 2.45) is 0 Å². The van der Waals surface area contributed by atoms with E-state index >= 15 is 0 Å². The molecule has 1 amide bonds. The van der Waals surface area contributed by atoms with Gasteiger partial charge in [-0.3, -0.25) is 9.69 Å². The Morgan fingerprint density at radius 1 is 1.29 bits per heavy atom. The lowest BCUT2D eigenvalue weighted by molar-refractivity contribution is -0.118. The number of pyridine rings is 1. The lowest BCUT2D eigenvalue weighted by Crippen LogP contribution is -2.25. The number of fused-ring (bicyclic) bond motifs is 1. The second-order valence-electron chi connectivity index (χ2n) is 7.31. The Bertz CT molecular complexity index is 969. The minimum Gasteiger partial charge on any atom is -0.354 e. The molecule has 3 aromatic rings. The lowest BCUT2D eigenvalue weighted by atomic mass is 10.0. The maximum Gasteiger partial charge on any atom is 0.216 e. The Balaban J connectivity index is 1.49. The molecule has 1 aromatic carbocycles. The van der Waals surface area contributed by atoms with E-state index < -0.39 is 0 Å². The molecule has 6 nitrogen and oxygen atoms in total. The fourth-order valence-electron chi connectivity index (χ4n) is 3.88. The molecule has 3 heterocycles. The highest BCUT2D eigenvalue weighted by molar-refractivity contribution is 5.79. The van der Waals surface area contributed by atoms with Gasteiger partial charge in [0, 0.05) is 44.1 Å². The molecule has 0 aliphatic carbocycles. The van der Waals surface area contributed by atoms with Gasteiger partial charge in [-0.2, -0.15) is 5.10 Å². The maximum absolute atomic E-state index is 13.1. The van der Waals surface area contributed by atoms with Crippen molar-refractivity contribution in [3.05, 3.63) is 59.7 Å². The molecule has 1 fully saturated rings. The average Bonchev–Trinajstić information content (AvgIpc) is 3.28. The topological polar surface area (TPSA) is 63.1 Å². The summed E-state index contributed by atoms with van der Waals surface area (Å²) in [6, 6.07) is 10.7. The second kappa shape index (κ2) is 8.06. The van der Waals surface area contributed by atoms with Gasteiger partial charge in [0.2, 0.25) is 5.91 Å². The predicted octanol–water partition coefficient (Wildman–Crippen LogP) is 2.70. The van der Waals surface area contributed by atoms with Crippen molar-refractivity contribution in [3.63, 3.8) is 0 Å². The Hall–Kier alpha value is -2.80. The number of aromatic nitrogens is 3. The largest absolute Gasteiger partial charge is 0.354 e. The summed E-state index contributed by atoms with van der Waals surface area (Å²) >= 11 is 0. The highest BCUT2D eigenvalue weighted by Gasteiger charge is 2.28. The van der Waals surface area contributed by atoms with Crippen molar-refractivity contribution in [1.29, 1.82) is 0 Å². The number of benzene rings is 1. The van der Waals surface area contributed by atoms with Gasteiger partial charge in [0.05, 0.1) is 12.2 Å². The summed E-state index contributed by atoms with van der Waals surface area (Å²) in [7, 11) is 0. The Morgan fingerprint density at radius 3 is 2.89 bits per heavy atom. The first-order valence-electron chi connectivity index (χ1n) is 9.63. The summed E-state index contributed by atoms with van der Waals surface area (Å²) < 4.78 is 15.0. The number of amides is 1. The molecule has 2 aromatic heterocycles. The van der Waals surface area contributed by atoms with Gasteiger partial charge in [0.25, 0.3) is 0 Å². The summed E-state index contributed by atoms with van der Waals surface area (Å²) in [5.74, 6) is 0.0952. The van der Waals surface area contributed by atoms with Gasteiger partial charge >= 0.3 is 0 Å². The summed E-state index contributed by atoms with van der Waals surface area (Å²) in [4.78, 5) is 18.0. The molecule has 0 radical (unpaired) electrons. The zero-order valence-corrected chi connectivity index (χ0v) is 15.9. The van der Waals surface area contributed by atoms with Crippen LogP contribution in [0.4, 0.5) is 4.39 Å². The number of hydrogen-bond donors (Lipinski definition) is 1. The van der Waals surface area contributed by atoms with Gasteiger partial charge in [-0.05, 0) is 42.8 Å². The monoisotopic (exact) mass is 381 g/mol. The van der Waals surface area contributed by atoms with E-state index in [9.17, 15) is 9.18 Å². The number of rotatable bonds is 6. The van der Waals surface area contributed by atoms with E-state index in [0.717, 1.165) is 48.3 Å². The highest BCUT2D eigenvalue weighted by atomic mass is 19.1. The molecule has 1 atom stereocenters. The molecule has 1 unspecified atom stereocenters. The number of carbonyl (C=O) groups excluding carboxylic acids is 1. The molecule has 0 spiro atoms. The lowest BCUT2D eigenvalue weighted by Gasteiger charge is -2.15. The van der Waals surface area contributed by atoms with Crippen LogP contribution in [-0.2, 0) is 17.9 Å². The number of halogens is 1. The van der Waals surface area contributed by atoms with E-state index in [1.165, 1.54) is 19.1 Å². The number of hydrogen-bond acceptors (Lipinski definition) is 4. The fraction of sp³-hybridized carbons (Fsp3) is 0.381. The van der Waals surface area contributed by atoms with Gasteiger partial charge in [-0.1, -0.05) is 12.1 Å². The first-order chi connectivity index (χ1) is 13.6. The summed E-state index contributed by atoms with van der Waals surface area (Å²) in [6.45, 7) is 5.37. The van der Waals surface area contributed by atoms with Crippen molar-refractivity contribution in [2.75, 3.05) is 19.6 Å². The van der Waals surface area contributed by atoms with E-state index in [1.807, 2.05) is 22.9 Å². The standard InChI is InChI=1S/C21H24FN5O/c1-15(28)23-10-12-27-21-19(3-2-9-24-21)20(25-27)17-8-11-26(14-17)13-16-4-6-18(22)7-5-16/h2-7,9,17H,8,10-14H2,1H3,(H,23,28). The van der Waals surface area contributed by atoms with Crippen LogP contribution in [0, 0.1) is 5.82 Å². The van der Waals surface area contributed by atoms with Crippen LogP contribution in [0.1, 0.15) is 30.5 Å². The fourth-order valence-corrected chi connectivity index (χ4v) is 3.88. The van der Waals surface area contributed by atoms with E-state index in [2.05, 4.69) is 21.3 Å². The molecule has 1 aliphatic rings. The van der Waals surface area contributed by atoms with Crippen LogP contribution in [0.5, 0.6) is 0 Å². The van der Waals surface area contributed by atoms with Crippen molar-refractivity contribution in [3.8, 4) is 0 Å². The molecule has 1 saturated heterocycles. The molecule has 0 bridgehead atoms.